The second-order valence-corrected chi connectivity index (χ2v) is 9.39. The molecule has 1 N–H and O–H groups in total. The van der Waals surface area contributed by atoms with Gasteiger partial charge < -0.3 is 19.3 Å². The van der Waals surface area contributed by atoms with E-state index in [0.717, 1.165) is 71.1 Å². The van der Waals surface area contributed by atoms with Crippen molar-refractivity contribution in [1.29, 1.82) is 0 Å². The number of carbonyl (C=O) groups excluding carboxylic acids is 1. The average molecular weight is 496 g/mol. The van der Waals surface area contributed by atoms with Crippen molar-refractivity contribution in [2.75, 3.05) is 19.8 Å². The van der Waals surface area contributed by atoms with E-state index < -0.39 is 0 Å². The first-order valence-corrected chi connectivity index (χ1v) is 12.9. The van der Waals surface area contributed by atoms with Crippen LogP contribution >= 0.6 is 0 Å². The average Bonchev–Trinajstić information content (AvgIpc) is 3.31. The van der Waals surface area contributed by atoms with E-state index in [1.165, 1.54) is 0 Å². The fraction of sp³-hybridized carbons (Fsp3) is 0.536. The van der Waals surface area contributed by atoms with Crippen LogP contribution in [-0.4, -0.2) is 52.2 Å². The Labute approximate surface area is 212 Å². The topological polar surface area (TPSA) is 95.7 Å². The largest absolute Gasteiger partial charge is 0.466 e. The lowest BCUT2D eigenvalue weighted by Gasteiger charge is -2.22. The predicted octanol–water partition coefficient (Wildman–Crippen LogP) is 4.56. The molecule has 4 rings (SSSR count). The Hall–Kier alpha value is -2.81. The first kappa shape index (κ1) is 26.3. The van der Waals surface area contributed by atoms with Gasteiger partial charge in [-0.05, 0) is 80.3 Å². The Balaban J connectivity index is 1.55. The smallest absolute Gasteiger partial charge is 0.306 e. The second-order valence-electron chi connectivity index (χ2n) is 9.39. The summed E-state index contributed by atoms with van der Waals surface area (Å²) in [6.45, 7) is 8.20. The molecule has 1 fully saturated rings. The summed E-state index contributed by atoms with van der Waals surface area (Å²) in [5, 5.41) is 18.7. The number of aryl methyl sites for hydroxylation is 3. The fourth-order valence-corrected chi connectivity index (χ4v) is 4.87. The van der Waals surface area contributed by atoms with Crippen LogP contribution in [0.25, 0.3) is 11.0 Å². The third-order valence-corrected chi connectivity index (χ3v) is 6.94. The van der Waals surface area contributed by atoms with Crippen molar-refractivity contribution in [3.05, 3.63) is 58.1 Å². The molecular formula is C28H37N3O5. The van der Waals surface area contributed by atoms with Crippen molar-refractivity contribution in [2.24, 2.45) is 0 Å². The molecule has 1 aliphatic rings. The van der Waals surface area contributed by atoms with Crippen LogP contribution in [0.5, 0.6) is 0 Å². The second kappa shape index (κ2) is 12.4. The molecule has 0 amide bonds. The first-order valence-electron chi connectivity index (χ1n) is 12.9. The molecule has 0 bridgehead atoms. The van der Waals surface area contributed by atoms with Crippen molar-refractivity contribution >= 4 is 17.0 Å². The molecule has 194 valence electrons. The number of esters is 1. The molecule has 8 nitrogen and oxygen atoms in total. The molecule has 0 saturated carbocycles. The van der Waals surface area contributed by atoms with Crippen molar-refractivity contribution in [1.82, 2.24) is 15.0 Å². The zero-order chi connectivity index (χ0) is 25.5. The molecule has 1 aliphatic heterocycles. The highest BCUT2D eigenvalue weighted by molar-refractivity contribution is 5.80. The zero-order valence-electron chi connectivity index (χ0n) is 21.5. The number of benzene rings is 2. The number of fused-ring (bicyclic) bond motifs is 1. The van der Waals surface area contributed by atoms with Crippen molar-refractivity contribution in [3.8, 4) is 0 Å². The molecule has 1 saturated heterocycles. The van der Waals surface area contributed by atoms with E-state index in [0.29, 0.717) is 19.8 Å². The van der Waals surface area contributed by atoms with Crippen molar-refractivity contribution < 1.29 is 24.1 Å². The Morgan fingerprint density at radius 1 is 1.25 bits per heavy atom. The maximum absolute atomic E-state index is 12.5. The number of ether oxygens (including phenoxy) is 3. The molecule has 2 heterocycles. The van der Waals surface area contributed by atoms with Gasteiger partial charge in [0.2, 0.25) is 0 Å². The highest BCUT2D eigenvalue weighted by atomic mass is 16.7. The molecule has 2 atom stereocenters. The van der Waals surface area contributed by atoms with Gasteiger partial charge in [-0.3, -0.25) is 4.79 Å². The number of hydrogen-bond donors (Lipinski definition) is 1. The molecule has 0 spiro atoms. The molecule has 3 aromatic rings. The maximum Gasteiger partial charge on any atom is 0.306 e. The zero-order valence-corrected chi connectivity index (χ0v) is 21.5. The number of nitrogens with zero attached hydrogens (tertiary/aromatic N) is 3. The van der Waals surface area contributed by atoms with E-state index in [1.54, 1.807) is 0 Å². The van der Waals surface area contributed by atoms with Gasteiger partial charge in [-0.15, -0.1) is 5.10 Å². The summed E-state index contributed by atoms with van der Waals surface area (Å²) in [6, 6.07) is 10.1. The van der Waals surface area contributed by atoms with E-state index in [4.69, 9.17) is 14.2 Å². The summed E-state index contributed by atoms with van der Waals surface area (Å²) in [7, 11) is 0. The van der Waals surface area contributed by atoms with Crippen LogP contribution in [0.2, 0.25) is 0 Å². The molecule has 1 aromatic heterocycles. The predicted molar refractivity (Wildman–Crippen MR) is 137 cm³/mol. The van der Waals surface area contributed by atoms with Gasteiger partial charge in [-0.25, -0.2) is 4.68 Å². The van der Waals surface area contributed by atoms with Crippen LogP contribution in [0.4, 0.5) is 0 Å². The fourth-order valence-electron chi connectivity index (χ4n) is 4.87. The molecule has 8 heteroatoms. The lowest BCUT2D eigenvalue weighted by Crippen LogP contribution is -2.23. The van der Waals surface area contributed by atoms with Gasteiger partial charge in [-0.1, -0.05) is 29.5 Å². The summed E-state index contributed by atoms with van der Waals surface area (Å²) in [6.07, 6.45) is 4.17. The summed E-state index contributed by atoms with van der Waals surface area (Å²) >= 11 is 0. The summed E-state index contributed by atoms with van der Waals surface area (Å²) in [4.78, 5) is 12.5. The SMILES string of the molecule is CCOC(=O)CC(c1ccc(C)c(CO)c1)c1ccc2c(nnn2CCCOC2CCCCO2)c1C. The number of aliphatic hydroxyl groups excluding tert-OH is 1. The maximum atomic E-state index is 12.5. The third-order valence-electron chi connectivity index (χ3n) is 6.94. The van der Waals surface area contributed by atoms with Crippen molar-refractivity contribution in [3.63, 3.8) is 0 Å². The molecule has 36 heavy (non-hydrogen) atoms. The minimum Gasteiger partial charge on any atom is -0.466 e. The van der Waals surface area contributed by atoms with Gasteiger partial charge >= 0.3 is 5.97 Å². The minimum absolute atomic E-state index is 0.0469. The molecular weight excluding hydrogens is 458 g/mol. The monoisotopic (exact) mass is 495 g/mol. The quantitative estimate of drug-likeness (QED) is 0.308. The van der Waals surface area contributed by atoms with E-state index in [2.05, 4.69) is 16.4 Å². The number of hydrogen-bond acceptors (Lipinski definition) is 7. The summed E-state index contributed by atoms with van der Waals surface area (Å²) in [5.41, 5.74) is 6.62. The Morgan fingerprint density at radius 3 is 2.86 bits per heavy atom. The highest BCUT2D eigenvalue weighted by Gasteiger charge is 2.24. The van der Waals surface area contributed by atoms with Crippen LogP contribution < -0.4 is 0 Å². The Bertz CT molecular complexity index is 1170. The summed E-state index contributed by atoms with van der Waals surface area (Å²) in [5.74, 6) is -0.466. The normalized spacial score (nSPS) is 16.8. The van der Waals surface area contributed by atoms with E-state index in [1.807, 2.05) is 49.7 Å². The molecule has 2 unspecified atom stereocenters. The molecule has 2 aromatic carbocycles. The van der Waals surface area contributed by atoms with Gasteiger partial charge in [-0.2, -0.15) is 0 Å². The lowest BCUT2D eigenvalue weighted by molar-refractivity contribution is -0.163. The number of rotatable bonds is 11. The first-order chi connectivity index (χ1) is 17.5. The Kier molecular flexibility index (Phi) is 9.07. The third kappa shape index (κ3) is 6.11. The number of aromatic nitrogens is 3. The lowest BCUT2D eigenvalue weighted by atomic mass is 9.84. The Morgan fingerprint density at radius 2 is 2.11 bits per heavy atom. The van der Waals surface area contributed by atoms with Crippen LogP contribution in [0, 0.1) is 13.8 Å². The highest BCUT2D eigenvalue weighted by Crippen LogP contribution is 2.34. The number of carbonyl (C=O) groups is 1. The van der Waals surface area contributed by atoms with Gasteiger partial charge in [0.15, 0.2) is 6.29 Å². The number of aliphatic hydroxyl groups is 1. The van der Waals surface area contributed by atoms with E-state index in [9.17, 15) is 9.90 Å². The van der Waals surface area contributed by atoms with Crippen LogP contribution in [0.3, 0.4) is 0 Å². The van der Waals surface area contributed by atoms with Gasteiger partial charge in [0.25, 0.3) is 0 Å². The standard InChI is InChI=1S/C28H37N3O5/c1-4-34-26(33)17-24(21-10-9-19(2)22(16-21)18-32)23-11-12-25-28(20(23)3)29-30-31(25)13-7-15-36-27-8-5-6-14-35-27/h9-12,16,24,27,32H,4-8,13-15,17-18H2,1-3H3. The van der Waals surface area contributed by atoms with Gasteiger partial charge in [0.1, 0.15) is 5.52 Å². The molecule has 0 radical (unpaired) electrons. The molecule has 0 aliphatic carbocycles. The van der Waals surface area contributed by atoms with Gasteiger partial charge in [0, 0.05) is 19.1 Å². The van der Waals surface area contributed by atoms with Crippen LogP contribution in [0.1, 0.15) is 72.8 Å². The summed E-state index contributed by atoms with van der Waals surface area (Å²) < 4.78 is 18.7. The van der Waals surface area contributed by atoms with Crippen molar-refractivity contribution in [2.45, 2.75) is 78.2 Å². The van der Waals surface area contributed by atoms with Crippen LogP contribution in [0.15, 0.2) is 30.3 Å². The minimum atomic E-state index is -0.251. The van der Waals surface area contributed by atoms with E-state index >= 15 is 0 Å². The van der Waals surface area contributed by atoms with E-state index in [-0.39, 0.29) is 31.2 Å². The van der Waals surface area contributed by atoms with Gasteiger partial charge in [0.05, 0.1) is 31.8 Å². The van der Waals surface area contributed by atoms with Crippen LogP contribution in [-0.2, 0) is 32.2 Å².